The van der Waals surface area contributed by atoms with E-state index in [1.165, 1.54) is 40.2 Å². The van der Waals surface area contributed by atoms with E-state index in [4.69, 9.17) is 11.5 Å². The van der Waals surface area contributed by atoms with E-state index in [1.807, 2.05) is 50.6 Å². The number of thioether (sulfide) groups is 2. The SMILES string of the molecule is CSCC[C@H](NC(=O)[C@@H]1CCCN1C(=O)[C@H](CCSC)NC(=O)[C@@H]1CCCN1C(=O)[C@H](CCC(=O)O)NC(=O)[C@@H]1CCCN1C(=O)[C@@H](NC(=O)[C@H](CO)NC(=O)[C@H](CC(C)C)NC(=O)[C@@H](N)Cc1c[nH]c2ccccc12)[C@@H](C)O)C(N)=O. The first-order chi connectivity index (χ1) is 39.0. The van der Waals surface area contributed by atoms with E-state index >= 15 is 0 Å². The number of hydrogen-bond acceptors (Lipinski definition) is 16. The number of likely N-dealkylation sites (tertiary alicyclic amines) is 3. The number of nitrogens with zero attached hydrogens (tertiary/aromatic N) is 3. The third-order valence-electron chi connectivity index (χ3n) is 14.9. The van der Waals surface area contributed by atoms with Crippen molar-refractivity contribution in [1.82, 2.24) is 51.6 Å². The van der Waals surface area contributed by atoms with Gasteiger partial charge in [0.1, 0.15) is 54.4 Å². The number of aromatic nitrogens is 1. The molecule has 26 nitrogen and oxygen atoms in total. The second-order valence-corrected chi connectivity index (χ2v) is 23.5. The summed E-state index contributed by atoms with van der Waals surface area (Å²) in [6, 6.07) is -5.09. The van der Waals surface area contributed by atoms with E-state index in [1.54, 1.807) is 6.20 Å². The molecular formula is C54H82N12O14S2. The van der Waals surface area contributed by atoms with Crippen LogP contribution in [0.25, 0.3) is 10.9 Å². The fourth-order valence-corrected chi connectivity index (χ4v) is 11.5. The first-order valence-electron chi connectivity index (χ1n) is 27.8. The fourth-order valence-electron chi connectivity index (χ4n) is 10.6. The maximum atomic E-state index is 14.5. The number of nitrogens with one attached hydrogen (secondary N) is 7. The van der Waals surface area contributed by atoms with Gasteiger partial charge in [0.25, 0.3) is 0 Å². The monoisotopic (exact) mass is 1190 g/mol. The zero-order valence-electron chi connectivity index (χ0n) is 47.2. The number of aliphatic hydroxyl groups excluding tert-OH is 2. The molecular weight excluding hydrogens is 1100 g/mol. The van der Waals surface area contributed by atoms with Crippen molar-refractivity contribution in [3.63, 3.8) is 0 Å². The number of fused-ring (bicyclic) bond motifs is 1. The van der Waals surface area contributed by atoms with Gasteiger partial charge < -0.3 is 78.4 Å². The number of aliphatic hydroxyl groups is 2. The molecule has 1 aromatic carbocycles. The van der Waals surface area contributed by atoms with Gasteiger partial charge in [-0.25, -0.2) is 0 Å². The van der Waals surface area contributed by atoms with Crippen molar-refractivity contribution < 1.29 is 68.1 Å². The molecule has 3 fully saturated rings. The predicted octanol–water partition coefficient (Wildman–Crippen LogP) is -1.81. The molecule has 0 unspecified atom stereocenters. The Morgan fingerprint density at radius 3 is 1.61 bits per heavy atom. The normalized spacial score (nSPS) is 20.0. The van der Waals surface area contributed by atoms with Gasteiger partial charge in [0, 0.05) is 43.2 Å². The number of aromatic amines is 1. The summed E-state index contributed by atoms with van der Waals surface area (Å²) in [6.45, 7) is 4.08. The highest BCUT2D eigenvalue weighted by molar-refractivity contribution is 7.98. The highest BCUT2D eigenvalue weighted by Crippen LogP contribution is 2.25. The van der Waals surface area contributed by atoms with Crippen molar-refractivity contribution in [2.45, 2.75) is 164 Å². The summed E-state index contributed by atoms with van der Waals surface area (Å²) in [4.78, 5) is 157. The molecule has 1 aromatic heterocycles. The summed E-state index contributed by atoms with van der Waals surface area (Å²) in [5.74, 6) is -8.00. The van der Waals surface area contributed by atoms with Crippen molar-refractivity contribution >= 4 is 99.5 Å². The minimum Gasteiger partial charge on any atom is -0.481 e. The van der Waals surface area contributed by atoms with E-state index in [0.717, 1.165) is 21.4 Å². The van der Waals surface area contributed by atoms with Crippen LogP contribution >= 0.6 is 23.5 Å². The van der Waals surface area contributed by atoms with Crippen LogP contribution in [0, 0.1) is 5.92 Å². The van der Waals surface area contributed by atoms with Gasteiger partial charge in [-0.2, -0.15) is 23.5 Å². The highest BCUT2D eigenvalue weighted by atomic mass is 32.2. The van der Waals surface area contributed by atoms with Gasteiger partial charge in [-0.3, -0.25) is 52.7 Å². The molecule has 2 aromatic rings. The van der Waals surface area contributed by atoms with Crippen LogP contribution < -0.4 is 43.4 Å². The van der Waals surface area contributed by atoms with Crippen LogP contribution in [0.4, 0.5) is 0 Å². The van der Waals surface area contributed by atoms with Crippen LogP contribution in [-0.4, -0.2) is 217 Å². The van der Waals surface area contributed by atoms with Gasteiger partial charge >= 0.3 is 5.97 Å². The smallest absolute Gasteiger partial charge is 0.303 e. The van der Waals surface area contributed by atoms with Crippen molar-refractivity contribution in [1.29, 1.82) is 0 Å². The number of rotatable bonds is 31. The second kappa shape index (κ2) is 31.8. The lowest BCUT2D eigenvalue weighted by Gasteiger charge is -2.33. The van der Waals surface area contributed by atoms with Crippen molar-refractivity contribution in [3.05, 3.63) is 36.0 Å². The van der Waals surface area contributed by atoms with Crippen LogP contribution in [0.5, 0.6) is 0 Å². The second-order valence-electron chi connectivity index (χ2n) is 21.5. The predicted molar refractivity (Wildman–Crippen MR) is 306 cm³/mol. The Kier molecular flexibility index (Phi) is 25.7. The van der Waals surface area contributed by atoms with E-state index in [0.29, 0.717) is 37.2 Å². The molecule has 3 saturated heterocycles. The molecule has 3 aliphatic heterocycles. The van der Waals surface area contributed by atoms with Crippen molar-refractivity contribution in [2.24, 2.45) is 17.4 Å². The minimum absolute atomic E-state index is 0.0390. The van der Waals surface area contributed by atoms with Crippen LogP contribution in [0.1, 0.15) is 97.0 Å². The summed E-state index contributed by atoms with van der Waals surface area (Å²) in [5, 5.41) is 47.4. The van der Waals surface area contributed by atoms with Gasteiger partial charge in [0.05, 0.1) is 18.8 Å². The summed E-state index contributed by atoms with van der Waals surface area (Å²) in [6.07, 6.45) is 5.20. The number of carbonyl (C=O) groups is 11. The third kappa shape index (κ3) is 18.0. The first kappa shape index (κ1) is 66.3. The molecule has 0 saturated carbocycles. The Labute approximate surface area is 485 Å². The summed E-state index contributed by atoms with van der Waals surface area (Å²) >= 11 is 2.90. The average molecular weight is 1190 g/mol. The van der Waals surface area contributed by atoms with Gasteiger partial charge in [0.2, 0.25) is 59.1 Å². The number of nitrogens with two attached hydrogens (primary N) is 2. The maximum Gasteiger partial charge on any atom is 0.303 e. The molecule has 0 spiro atoms. The van der Waals surface area contributed by atoms with Crippen LogP contribution in [0.3, 0.4) is 0 Å². The minimum atomic E-state index is -1.72. The molecule has 4 heterocycles. The Bertz CT molecular complexity index is 2610. The maximum absolute atomic E-state index is 14.5. The van der Waals surface area contributed by atoms with Crippen LogP contribution in [0.15, 0.2) is 30.5 Å². The van der Waals surface area contributed by atoms with Gasteiger partial charge in [-0.15, -0.1) is 0 Å². The van der Waals surface area contributed by atoms with E-state index in [9.17, 15) is 68.1 Å². The number of para-hydroxylation sites is 1. The number of hydrogen-bond donors (Lipinski definition) is 12. The van der Waals surface area contributed by atoms with Gasteiger partial charge in [-0.1, -0.05) is 32.0 Å². The Hall–Kier alpha value is -6.49. The quantitative estimate of drug-likeness (QED) is 0.0396. The zero-order valence-corrected chi connectivity index (χ0v) is 48.8. The number of primary amides is 1. The standard InChI is InChI=1S/C54H82N12O14S2/c1-29(2)25-38(61-46(72)33(55)26-31-27-57-34-12-7-6-11-32(31)34)47(73)62-39(28-67)48(74)63-44(30(3)68)54(80)66-22-10-15-42(66)51(77)59-36(16-17-43(69)70)52(78)64-20-9-14-41(64)50(76)60-37(19-24-82-5)53(79)65-21-8-13-40(65)49(75)58-35(45(56)71)18-23-81-4/h6-7,11-12,27,29-30,33,35-42,44,57,67-68H,8-10,13-26,28,55H2,1-5H3,(H2,56,71)(H,58,75)(H,59,77)(H,60,76)(H,61,72)(H,62,73)(H,63,74)(H,69,70)/t30-,33+,35+,36+,37+,38+,39+,40+,41+,42+,44+/m1/s1. The topological polar surface area (TPSA) is 398 Å². The number of amides is 10. The number of aliphatic carboxylic acids is 1. The zero-order chi connectivity index (χ0) is 60.4. The van der Waals surface area contributed by atoms with E-state index in [-0.39, 0.29) is 64.1 Å². The molecule has 0 radical (unpaired) electrons. The lowest BCUT2D eigenvalue weighted by atomic mass is 10.0. The van der Waals surface area contributed by atoms with Gasteiger partial charge in [0.15, 0.2) is 0 Å². The molecule has 0 bridgehead atoms. The highest BCUT2D eigenvalue weighted by Gasteiger charge is 2.45. The molecule has 14 N–H and O–H groups in total. The Balaban J connectivity index is 1.24. The van der Waals surface area contributed by atoms with E-state index in [2.05, 4.69) is 36.9 Å². The number of carbonyl (C=O) groups excluding carboxylic acids is 10. The van der Waals surface area contributed by atoms with E-state index < -0.39 is 151 Å². The van der Waals surface area contributed by atoms with Crippen LogP contribution in [0.2, 0.25) is 0 Å². The molecule has 5 rings (SSSR count). The molecule has 28 heteroatoms. The number of carboxylic acids is 1. The van der Waals surface area contributed by atoms with Crippen LogP contribution in [-0.2, 0) is 59.2 Å². The molecule has 3 aliphatic rings. The Morgan fingerprint density at radius 1 is 0.646 bits per heavy atom. The molecule has 454 valence electrons. The van der Waals surface area contributed by atoms with Crippen molar-refractivity contribution in [2.75, 3.05) is 50.3 Å². The summed E-state index contributed by atoms with van der Waals surface area (Å²) in [7, 11) is 0. The largest absolute Gasteiger partial charge is 0.481 e. The molecule has 82 heavy (non-hydrogen) atoms. The number of H-pyrrole nitrogens is 1. The average Bonchev–Trinajstić information content (AvgIpc) is 4.43. The summed E-state index contributed by atoms with van der Waals surface area (Å²) in [5.41, 5.74) is 13.5. The van der Waals surface area contributed by atoms with Gasteiger partial charge in [-0.05, 0) is 119 Å². The fraction of sp³-hybridized carbons (Fsp3) is 0.648. The lowest BCUT2D eigenvalue weighted by Crippen LogP contribution is -2.62. The molecule has 10 amide bonds. The lowest BCUT2D eigenvalue weighted by molar-refractivity contribution is -0.146. The first-order valence-corrected chi connectivity index (χ1v) is 30.6. The summed E-state index contributed by atoms with van der Waals surface area (Å²) < 4.78 is 0. The Morgan fingerprint density at radius 2 is 1.12 bits per heavy atom. The number of benzene rings is 1. The molecule has 0 aliphatic carbocycles. The number of carboxylic acid groups (broad SMARTS) is 1. The third-order valence-corrected chi connectivity index (χ3v) is 16.2. The molecule has 11 atom stereocenters. The van der Waals surface area contributed by atoms with Crippen molar-refractivity contribution in [3.8, 4) is 0 Å².